The molecule has 3 heterocycles. The van der Waals surface area contributed by atoms with E-state index in [0.717, 1.165) is 27.9 Å². The molecule has 6 heteroatoms. The van der Waals surface area contributed by atoms with Gasteiger partial charge >= 0.3 is 0 Å². The van der Waals surface area contributed by atoms with Crippen molar-refractivity contribution in [2.45, 2.75) is 0 Å². The van der Waals surface area contributed by atoms with Gasteiger partial charge < -0.3 is 9.47 Å². The maximum absolute atomic E-state index is 6.00. The van der Waals surface area contributed by atoms with Crippen LogP contribution in [0.25, 0.3) is 0 Å². The first-order valence-electron chi connectivity index (χ1n) is 6.92. The number of para-hydroxylation sites is 2. The van der Waals surface area contributed by atoms with Crippen LogP contribution in [0.4, 0.5) is 0 Å². The van der Waals surface area contributed by atoms with Crippen LogP contribution in [-0.2, 0) is 0 Å². The Morgan fingerprint density at radius 2 is 1.27 bits per heavy atom. The summed E-state index contributed by atoms with van der Waals surface area (Å²) in [5.74, 6) is 2.51. The highest BCUT2D eigenvalue weighted by Crippen LogP contribution is 2.32. The summed E-state index contributed by atoms with van der Waals surface area (Å²) in [5.41, 5.74) is 3.00. The minimum absolute atomic E-state index is 0.00262. The van der Waals surface area contributed by atoms with Gasteiger partial charge in [-0.2, -0.15) is 9.97 Å². The maximum Gasteiger partial charge on any atom is 0.265 e. The maximum atomic E-state index is 6.00. The van der Waals surface area contributed by atoms with E-state index < -0.39 is 0 Å². The van der Waals surface area contributed by atoms with Gasteiger partial charge in [-0.15, -0.1) is 0 Å². The van der Waals surface area contributed by atoms with Crippen molar-refractivity contribution < 1.29 is 9.47 Å². The Bertz CT molecular complexity index is 861. The van der Waals surface area contributed by atoms with Crippen LogP contribution >= 0.6 is 11.6 Å². The zero-order chi connectivity index (χ0) is 14.7. The van der Waals surface area contributed by atoms with Crippen molar-refractivity contribution in [2.75, 3.05) is 0 Å². The highest BCUT2D eigenvalue weighted by Gasteiger charge is 2.41. The predicted octanol–water partition coefficient (Wildman–Crippen LogP) is 1.86. The quantitative estimate of drug-likeness (QED) is 0.323. The first-order valence-corrected chi connectivity index (χ1v) is 7.30. The molecule has 0 radical (unpaired) electrons. The van der Waals surface area contributed by atoms with Gasteiger partial charge in [0.25, 0.3) is 6.71 Å². The van der Waals surface area contributed by atoms with Crippen LogP contribution in [0.15, 0.2) is 48.5 Å². The topological polar surface area (TPSA) is 44.2 Å². The van der Waals surface area contributed by atoms with Gasteiger partial charge in [-0.05, 0) is 34.7 Å². The average molecular weight is 307 g/mol. The van der Waals surface area contributed by atoms with Crippen LogP contribution < -0.4 is 25.9 Å². The molecule has 1 aromatic heterocycles. The van der Waals surface area contributed by atoms with Gasteiger partial charge in [0.1, 0.15) is 11.5 Å². The van der Waals surface area contributed by atoms with E-state index in [-0.39, 0.29) is 12.0 Å². The van der Waals surface area contributed by atoms with Crippen molar-refractivity contribution in [3.05, 3.63) is 53.8 Å². The minimum atomic E-state index is -0.00262. The molecule has 0 saturated carbocycles. The summed E-state index contributed by atoms with van der Waals surface area (Å²) in [6.45, 7) is -0.00262. The van der Waals surface area contributed by atoms with E-state index in [1.807, 2.05) is 36.4 Å². The molecule has 5 rings (SSSR count). The number of rotatable bonds is 0. The molecule has 2 aromatic carbocycles. The Morgan fingerprint density at radius 3 is 1.82 bits per heavy atom. The molecular formula is C16H8BClN2O2. The average Bonchev–Trinajstić information content (AvgIpc) is 2.54. The molecule has 0 spiro atoms. The Hall–Kier alpha value is -2.53. The lowest BCUT2D eigenvalue weighted by Gasteiger charge is -2.31. The lowest BCUT2D eigenvalue weighted by molar-refractivity contribution is 0.438. The van der Waals surface area contributed by atoms with Crippen molar-refractivity contribution in [2.24, 2.45) is 0 Å². The summed E-state index contributed by atoms with van der Waals surface area (Å²) in [7, 11) is 0. The van der Waals surface area contributed by atoms with Crippen LogP contribution in [0.5, 0.6) is 23.3 Å². The van der Waals surface area contributed by atoms with Crippen LogP contribution in [0, 0.1) is 0 Å². The normalized spacial score (nSPS) is 13.4. The van der Waals surface area contributed by atoms with Crippen molar-refractivity contribution in [1.82, 2.24) is 9.97 Å². The SMILES string of the molecule is Clc1nc2c3c(n1)Oc1ccccc1B3c1ccccc1O2. The number of hydrogen-bond acceptors (Lipinski definition) is 4. The molecule has 0 aliphatic carbocycles. The van der Waals surface area contributed by atoms with E-state index in [1.54, 1.807) is 0 Å². The molecule has 0 N–H and O–H groups in total. The van der Waals surface area contributed by atoms with Gasteiger partial charge in [-0.1, -0.05) is 36.4 Å². The smallest absolute Gasteiger partial charge is 0.265 e. The summed E-state index contributed by atoms with van der Waals surface area (Å²) in [5, 5.41) is 0.117. The first-order chi connectivity index (χ1) is 10.8. The second-order valence-electron chi connectivity index (χ2n) is 5.23. The molecule has 22 heavy (non-hydrogen) atoms. The third kappa shape index (κ3) is 1.54. The summed E-state index contributed by atoms with van der Waals surface area (Å²) in [6.07, 6.45) is 0. The Kier molecular flexibility index (Phi) is 2.33. The fourth-order valence-electron chi connectivity index (χ4n) is 3.12. The van der Waals surface area contributed by atoms with Gasteiger partial charge in [0.05, 0.1) is 5.46 Å². The summed E-state index contributed by atoms with van der Waals surface area (Å²) in [6, 6.07) is 15.9. The molecule has 0 atom stereocenters. The molecule has 104 valence electrons. The van der Waals surface area contributed by atoms with Crippen LogP contribution in [-0.4, -0.2) is 16.7 Å². The van der Waals surface area contributed by atoms with Crippen LogP contribution in [0.2, 0.25) is 5.28 Å². The van der Waals surface area contributed by atoms with Crippen LogP contribution in [0.3, 0.4) is 0 Å². The van der Waals surface area contributed by atoms with E-state index in [4.69, 9.17) is 21.1 Å². The third-order valence-corrected chi connectivity index (χ3v) is 4.18. The number of hydrogen-bond donors (Lipinski definition) is 0. The van der Waals surface area contributed by atoms with E-state index in [9.17, 15) is 0 Å². The fourth-order valence-corrected chi connectivity index (χ4v) is 3.27. The zero-order valence-electron chi connectivity index (χ0n) is 11.3. The number of halogens is 1. The number of aromatic nitrogens is 2. The number of ether oxygens (including phenoxy) is 2. The van der Waals surface area contributed by atoms with Crippen molar-refractivity contribution in [3.63, 3.8) is 0 Å². The molecule has 0 unspecified atom stereocenters. The van der Waals surface area contributed by atoms with Crippen molar-refractivity contribution in [3.8, 4) is 23.3 Å². The van der Waals surface area contributed by atoms with Gasteiger partial charge in [0.15, 0.2) is 0 Å². The summed E-state index contributed by atoms with van der Waals surface area (Å²) < 4.78 is 11.8. The molecule has 0 saturated heterocycles. The van der Waals surface area contributed by atoms with E-state index in [1.165, 1.54) is 0 Å². The molecule has 0 bridgehead atoms. The molecule has 2 aliphatic heterocycles. The van der Waals surface area contributed by atoms with Gasteiger partial charge in [-0.25, -0.2) is 0 Å². The molecule has 3 aromatic rings. The van der Waals surface area contributed by atoms with Gasteiger partial charge in [-0.3, -0.25) is 0 Å². The largest absolute Gasteiger partial charge is 0.440 e. The van der Waals surface area contributed by atoms with E-state index in [2.05, 4.69) is 22.1 Å². The lowest BCUT2D eigenvalue weighted by atomic mass is 9.35. The molecule has 0 amide bonds. The lowest BCUT2D eigenvalue weighted by Crippen LogP contribution is -2.57. The highest BCUT2D eigenvalue weighted by molar-refractivity contribution is 6.98. The van der Waals surface area contributed by atoms with Gasteiger partial charge in [0, 0.05) is 0 Å². The van der Waals surface area contributed by atoms with E-state index >= 15 is 0 Å². The summed E-state index contributed by atoms with van der Waals surface area (Å²) >= 11 is 6.00. The third-order valence-electron chi connectivity index (χ3n) is 4.01. The van der Waals surface area contributed by atoms with Crippen molar-refractivity contribution in [1.29, 1.82) is 0 Å². The molecule has 4 nitrogen and oxygen atoms in total. The zero-order valence-corrected chi connectivity index (χ0v) is 12.0. The number of nitrogens with zero attached hydrogens (tertiary/aromatic N) is 2. The Balaban J connectivity index is 1.88. The Morgan fingerprint density at radius 1 is 0.773 bits per heavy atom. The second-order valence-corrected chi connectivity index (χ2v) is 5.57. The highest BCUT2D eigenvalue weighted by atomic mass is 35.5. The molecular weight excluding hydrogens is 298 g/mol. The fraction of sp³-hybridized carbons (Fsp3) is 0. The summed E-state index contributed by atoms with van der Waals surface area (Å²) in [4.78, 5) is 8.46. The first kappa shape index (κ1) is 12.1. The molecule has 2 aliphatic rings. The Labute approximate surface area is 131 Å². The van der Waals surface area contributed by atoms with Crippen molar-refractivity contribution >= 4 is 34.7 Å². The second kappa shape index (κ2) is 4.24. The minimum Gasteiger partial charge on any atom is -0.440 e. The van der Waals surface area contributed by atoms with Crippen LogP contribution in [0.1, 0.15) is 0 Å². The van der Waals surface area contributed by atoms with Gasteiger partial charge in [0.2, 0.25) is 17.0 Å². The standard InChI is InChI=1S/C16H8BClN2O2/c18-16-19-14-13-15(20-16)22-12-8-4-2-6-10(12)17(13)9-5-1-3-7-11(9)21-14/h1-8H. The predicted molar refractivity (Wildman–Crippen MR) is 84.7 cm³/mol. The number of benzene rings is 2. The monoisotopic (exact) mass is 306 g/mol. The number of fused-ring (bicyclic) bond motifs is 4. The molecule has 0 fully saturated rings. The van der Waals surface area contributed by atoms with E-state index in [0.29, 0.717) is 11.8 Å².